The van der Waals surface area contributed by atoms with Crippen LogP contribution in [-0.2, 0) is 16.1 Å². The van der Waals surface area contributed by atoms with Crippen LogP contribution in [-0.4, -0.2) is 47.3 Å². The van der Waals surface area contributed by atoms with E-state index >= 15 is 0 Å². The molecule has 1 unspecified atom stereocenters. The molecule has 170 valence electrons. The SMILES string of the molecule is Cc1c(NC(=O)C2CC2(C)C)ccc(F)c1CN1CCN(C(=O)C2CCCC2)[C@@H](C)C1. The summed E-state index contributed by atoms with van der Waals surface area (Å²) in [5.41, 5.74) is 2.19. The molecule has 0 radical (unpaired) electrons. The molecule has 0 aromatic heterocycles. The van der Waals surface area contributed by atoms with Crippen LogP contribution in [0.3, 0.4) is 0 Å². The molecule has 1 aliphatic heterocycles. The zero-order chi connectivity index (χ0) is 22.3. The Bertz CT molecular complexity index is 863. The minimum absolute atomic E-state index is 0.0262. The van der Waals surface area contributed by atoms with Crippen molar-refractivity contribution in [3.8, 4) is 0 Å². The van der Waals surface area contributed by atoms with Crippen LogP contribution in [0.15, 0.2) is 12.1 Å². The average molecular weight is 430 g/mol. The van der Waals surface area contributed by atoms with Crippen molar-refractivity contribution in [3.63, 3.8) is 0 Å². The number of hydrogen-bond donors (Lipinski definition) is 1. The maximum absolute atomic E-state index is 14.7. The fourth-order valence-corrected chi connectivity index (χ4v) is 5.32. The largest absolute Gasteiger partial charge is 0.337 e. The van der Waals surface area contributed by atoms with E-state index in [0.717, 1.165) is 50.8 Å². The van der Waals surface area contributed by atoms with Gasteiger partial charge >= 0.3 is 0 Å². The molecule has 6 heteroatoms. The molecule has 3 fully saturated rings. The van der Waals surface area contributed by atoms with Gasteiger partial charge in [-0.25, -0.2) is 4.39 Å². The second kappa shape index (κ2) is 8.53. The number of nitrogens with one attached hydrogen (secondary N) is 1. The van der Waals surface area contributed by atoms with Crippen molar-refractivity contribution in [3.05, 3.63) is 29.1 Å². The lowest BCUT2D eigenvalue weighted by molar-refractivity contribution is -0.140. The summed E-state index contributed by atoms with van der Waals surface area (Å²) in [5.74, 6) is 0.328. The predicted octanol–water partition coefficient (Wildman–Crippen LogP) is 4.34. The number of nitrogens with zero attached hydrogens (tertiary/aromatic N) is 2. The van der Waals surface area contributed by atoms with E-state index in [1.807, 2.05) is 11.8 Å². The molecular formula is C25H36FN3O2. The highest BCUT2D eigenvalue weighted by Gasteiger charge is 2.50. The quantitative estimate of drug-likeness (QED) is 0.758. The minimum atomic E-state index is -0.237. The van der Waals surface area contributed by atoms with Crippen LogP contribution in [0.4, 0.5) is 10.1 Å². The van der Waals surface area contributed by atoms with Crippen molar-refractivity contribution in [2.45, 2.75) is 72.4 Å². The van der Waals surface area contributed by atoms with Crippen molar-refractivity contribution in [1.29, 1.82) is 0 Å². The molecule has 2 aliphatic carbocycles. The molecule has 1 aromatic carbocycles. The molecule has 5 nitrogen and oxygen atoms in total. The van der Waals surface area contributed by atoms with Gasteiger partial charge in [0.15, 0.2) is 0 Å². The highest BCUT2D eigenvalue weighted by atomic mass is 19.1. The third-order valence-electron chi connectivity index (χ3n) is 7.71. The van der Waals surface area contributed by atoms with Gasteiger partial charge in [0.2, 0.25) is 11.8 Å². The van der Waals surface area contributed by atoms with E-state index in [0.29, 0.717) is 30.2 Å². The van der Waals surface area contributed by atoms with E-state index in [9.17, 15) is 14.0 Å². The second-order valence-electron chi connectivity index (χ2n) is 10.5. The number of benzene rings is 1. The molecule has 1 aromatic rings. The van der Waals surface area contributed by atoms with Crippen LogP contribution < -0.4 is 5.32 Å². The molecule has 2 atom stereocenters. The highest BCUT2D eigenvalue weighted by molar-refractivity contribution is 5.95. The monoisotopic (exact) mass is 429 g/mol. The van der Waals surface area contributed by atoms with Gasteiger partial charge in [-0.05, 0) is 56.2 Å². The molecule has 1 saturated heterocycles. The number of halogens is 1. The third kappa shape index (κ3) is 4.64. The Morgan fingerprint density at radius 1 is 1.19 bits per heavy atom. The van der Waals surface area contributed by atoms with Crippen LogP contribution in [0.25, 0.3) is 0 Å². The smallest absolute Gasteiger partial charge is 0.228 e. The Balaban J connectivity index is 1.40. The fourth-order valence-electron chi connectivity index (χ4n) is 5.32. The molecular weight excluding hydrogens is 393 g/mol. The van der Waals surface area contributed by atoms with Gasteiger partial charge in [-0.2, -0.15) is 0 Å². The molecule has 1 N–H and O–H groups in total. The first kappa shape index (κ1) is 22.3. The summed E-state index contributed by atoms with van der Waals surface area (Å²) in [6, 6.07) is 3.26. The normalized spacial score (nSPS) is 26.2. The van der Waals surface area contributed by atoms with Crippen molar-refractivity contribution in [2.24, 2.45) is 17.3 Å². The van der Waals surface area contributed by atoms with Crippen molar-refractivity contribution in [2.75, 3.05) is 25.0 Å². The lowest BCUT2D eigenvalue weighted by Gasteiger charge is -2.41. The first-order valence-corrected chi connectivity index (χ1v) is 11.8. The molecule has 3 aliphatic rings. The highest BCUT2D eigenvalue weighted by Crippen LogP contribution is 2.52. The van der Waals surface area contributed by atoms with Crippen molar-refractivity contribution >= 4 is 17.5 Å². The zero-order valence-electron chi connectivity index (χ0n) is 19.3. The van der Waals surface area contributed by atoms with Crippen LogP contribution in [0, 0.1) is 30.0 Å². The van der Waals surface area contributed by atoms with Gasteiger partial charge in [0.25, 0.3) is 0 Å². The topological polar surface area (TPSA) is 52.7 Å². The minimum Gasteiger partial charge on any atom is -0.337 e. The van der Waals surface area contributed by atoms with Gasteiger partial charge in [-0.15, -0.1) is 0 Å². The number of carbonyl (C=O) groups excluding carboxylic acids is 2. The van der Waals surface area contributed by atoms with E-state index in [1.165, 1.54) is 6.07 Å². The van der Waals surface area contributed by atoms with Gasteiger partial charge < -0.3 is 10.2 Å². The van der Waals surface area contributed by atoms with Gasteiger partial charge in [0.05, 0.1) is 0 Å². The van der Waals surface area contributed by atoms with Gasteiger partial charge in [-0.1, -0.05) is 26.7 Å². The molecule has 31 heavy (non-hydrogen) atoms. The number of piperazine rings is 1. The van der Waals surface area contributed by atoms with Crippen LogP contribution >= 0.6 is 0 Å². The zero-order valence-corrected chi connectivity index (χ0v) is 19.3. The fraction of sp³-hybridized carbons (Fsp3) is 0.680. The standard InChI is InChI=1S/C25H36FN3O2/c1-16-14-28(11-12-29(16)24(31)18-7-5-6-8-18)15-19-17(2)22(10-9-21(19)26)27-23(30)20-13-25(20,3)4/h9-10,16,18,20H,5-8,11-15H2,1-4H3,(H,27,30)/t16-,20?/m0/s1. The lowest BCUT2D eigenvalue weighted by atomic mass is 10.0. The average Bonchev–Trinajstić information content (AvgIpc) is 3.12. The number of carbonyl (C=O) groups is 2. The Morgan fingerprint density at radius 3 is 2.48 bits per heavy atom. The molecule has 0 spiro atoms. The maximum Gasteiger partial charge on any atom is 0.228 e. The van der Waals surface area contributed by atoms with Crippen molar-refractivity contribution in [1.82, 2.24) is 9.80 Å². The summed E-state index contributed by atoms with van der Waals surface area (Å²) in [6.45, 7) is 10.8. The summed E-state index contributed by atoms with van der Waals surface area (Å²) in [5, 5.41) is 3.02. The van der Waals surface area contributed by atoms with E-state index in [2.05, 4.69) is 31.0 Å². The summed E-state index contributed by atoms with van der Waals surface area (Å²) < 4.78 is 14.7. The van der Waals surface area contributed by atoms with Crippen molar-refractivity contribution < 1.29 is 14.0 Å². The lowest BCUT2D eigenvalue weighted by Crippen LogP contribution is -2.54. The number of hydrogen-bond acceptors (Lipinski definition) is 3. The Labute approximate surface area is 185 Å². The second-order valence-corrected chi connectivity index (χ2v) is 10.5. The molecule has 4 rings (SSSR count). The number of amides is 2. The molecule has 1 heterocycles. The summed E-state index contributed by atoms with van der Waals surface area (Å²) in [7, 11) is 0. The summed E-state index contributed by atoms with van der Waals surface area (Å²) in [4.78, 5) is 29.6. The Hall–Kier alpha value is -1.95. The Morgan fingerprint density at radius 2 is 1.87 bits per heavy atom. The number of rotatable bonds is 5. The third-order valence-corrected chi connectivity index (χ3v) is 7.71. The van der Waals surface area contributed by atoms with Crippen LogP contribution in [0.1, 0.15) is 64.0 Å². The molecule has 2 saturated carbocycles. The van der Waals surface area contributed by atoms with Crippen LogP contribution in [0.2, 0.25) is 0 Å². The molecule has 0 bridgehead atoms. The first-order chi connectivity index (χ1) is 14.7. The van der Waals surface area contributed by atoms with E-state index in [4.69, 9.17) is 0 Å². The van der Waals surface area contributed by atoms with Crippen LogP contribution in [0.5, 0.6) is 0 Å². The van der Waals surface area contributed by atoms with Gasteiger partial charge in [-0.3, -0.25) is 14.5 Å². The van der Waals surface area contributed by atoms with E-state index < -0.39 is 0 Å². The summed E-state index contributed by atoms with van der Waals surface area (Å²) in [6.07, 6.45) is 5.26. The molecule has 2 amide bonds. The van der Waals surface area contributed by atoms with E-state index in [-0.39, 0.29) is 35.0 Å². The van der Waals surface area contributed by atoms with E-state index in [1.54, 1.807) is 6.07 Å². The predicted molar refractivity (Wildman–Crippen MR) is 120 cm³/mol. The Kier molecular flexibility index (Phi) is 6.12. The van der Waals surface area contributed by atoms with Gasteiger partial charge in [0, 0.05) is 55.3 Å². The maximum atomic E-state index is 14.7. The van der Waals surface area contributed by atoms with Gasteiger partial charge in [0.1, 0.15) is 5.82 Å². The number of anilines is 1. The first-order valence-electron chi connectivity index (χ1n) is 11.8. The summed E-state index contributed by atoms with van der Waals surface area (Å²) >= 11 is 0.